The van der Waals surface area contributed by atoms with E-state index in [1.165, 1.54) is 17.0 Å². The summed E-state index contributed by atoms with van der Waals surface area (Å²) in [6, 6.07) is 19.6. The Bertz CT molecular complexity index is 1410. The number of aryl methyl sites for hydroxylation is 2. The zero-order valence-corrected chi connectivity index (χ0v) is 24.6. The SMILES string of the molecule is CC[C@@H](C(=O)NC(C)C)N(Cc1ccccc1C)C(=O)CN(c1ccccc1Cl)S(=O)(=O)c1ccc(C)cc1. The molecule has 0 aliphatic rings. The molecule has 0 saturated carbocycles. The Balaban J connectivity index is 2.09. The summed E-state index contributed by atoms with van der Waals surface area (Å²) < 4.78 is 28.8. The predicted molar refractivity (Wildman–Crippen MR) is 156 cm³/mol. The number of nitrogens with zero attached hydrogens (tertiary/aromatic N) is 2. The topological polar surface area (TPSA) is 86.8 Å². The van der Waals surface area contributed by atoms with Gasteiger partial charge in [-0.25, -0.2) is 8.42 Å². The van der Waals surface area contributed by atoms with Crippen molar-refractivity contribution in [1.29, 1.82) is 0 Å². The molecule has 0 fully saturated rings. The van der Waals surface area contributed by atoms with Gasteiger partial charge in [0, 0.05) is 12.6 Å². The zero-order valence-electron chi connectivity index (χ0n) is 23.0. The summed E-state index contributed by atoms with van der Waals surface area (Å²) in [5, 5.41) is 3.09. The van der Waals surface area contributed by atoms with E-state index in [1.807, 2.05) is 58.9 Å². The standard InChI is InChI=1S/C30H36ClN3O4S/c1-6-27(30(36)32-21(2)3)33(19-24-12-8-7-11-23(24)5)29(35)20-34(28-14-10-9-13-26(28)31)39(37,38)25-17-15-22(4)16-18-25/h7-18,21,27H,6,19-20H2,1-5H3,(H,32,36)/t27-/m0/s1. The minimum atomic E-state index is -4.17. The van der Waals surface area contributed by atoms with Crippen LogP contribution in [0.1, 0.15) is 43.9 Å². The van der Waals surface area contributed by atoms with Crippen molar-refractivity contribution in [3.8, 4) is 0 Å². The Kier molecular flexibility index (Phi) is 10.2. The summed E-state index contributed by atoms with van der Waals surface area (Å²) >= 11 is 6.45. The number of amides is 2. The van der Waals surface area contributed by atoms with Crippen LogP contribution in [-0.4, -0.2) is 43.8 Å². The molecule has 0 aliphatic heterocycles. The number of rotatable bonds is 11. The molecule has 7 nitrogen and oxygen atoms in total. The summed E-state index contributed by atoms with van der Waals surface area (Å²) in [6.45, 7) is 8.95. The highest BCUT2D eigenvalue weighted by Gasteiger charge is 2.34. The minimum Gasteiger partial charge on any atom is -0.352 e. The van der Waals surface area contributed by atoms with Crippen LogP contribution in [0, 0.1) is 13.8 Å². The van der Waals surface area contributed by atoms with E-state index in [1.54, 1.807) is 36.4 Å². The second-order valence-electron chi connectivity index (χ2n) is 9.81. The fourth-order valence-corrected chi connectivity index (χ4v) is 6.00. The zero-order chi connectivity index (χ0) is 28.7. The Morgan fingerprint density at radius 2 is 1.54 bits per heavy atom. The van der Waals surface area contributed by atoms with Crippen LogP contribution in [0.3, 0.4) is 0 Å². The first-order valence-electron chi connectivity index (χ1n) is 12.9. The third-order valence-corrected chi connectivity index (χ3v) is 8.52. The van der Waals surface area contributed by atoms with Gasteiger partial charge in [0.1, 0.15) is 12.6 Å². The Hall–Kier alpha value is -3.36. The van der Waals surface area contributed by atoms with Crippen molar-refractivity contribution >= 4 is 39.1 Å². The van der Waals surface area contributed by atoms with Crippen LogP contribution < -0.4 is 9.62 Å². The number of para-hydroxylation sites is 1. The highest BCUT2D eigenvalue weighted by atomic mass is 35.5. The molecule has 208 valence electrons. The smallest absolute Gasteiger partial charge is 0.264 e. The van der Waals surface area contributed by atoms with Gasteiger partial charge >= 0.3 is 0 Å². The van der Waals surface area contributed by atoms with Crippen molar-refractivity contribution in [2.75, 3.05) is 10.8 Å². The lowest BCUT2D eigenvalue weighted by atomic mass is 10.1. The largest absolute Gasteiger partial charge is 0.352 e. The van der Waals surface area contributed by atoms with Crippen molar-refractivity contribution in [3.63, 3.8) is 0 Å². The summed E-state index contributed by atoms with van der Waals surface area (Å²) in [7, 11) is -4.17. The maximum Gasteiger partial charge on any atom is 0.264 e. The van der Waals surface area contributed by atoms with Gasteiger partial charge in [0.25, 0.3) is 10.0 Å². The summed E-state index contributed by atoms with van der Waals surface area (Å²) in [6.07, 6.45) is 0.354. The molecule has 0 heterocycles. The van der Waals surface area contributed by atoms with Gasteiger partial charge in [-0.2, -0.15) is 0 Å². The van der Waals surface area contributed by atoms with E-state index in [-0.39, 0.29) is 34.1 Å². The number of hydrogen-bond acceptors (Lipinski definition) is 4. The lowest BCUT2D eigenvalue weighted by Gasteiger charge is -2.34. The summed E-state index contributed by atoms with van der Waals surface area (Å²) in [4.78, 5) is 28.8. The Morgan fingerprint density at radius 1 is 0.923 bits per heavy atom. The Morgan fingerprint density at radius 3 is 2.13 bits per heavy atom. The molecule has 1 atom stereocenters. The third kappa shape index (κ3) is 7.40. The summed E-state index contributed by atoms with van der Waals surface area (Å²) in [5.74, 6) is -0.806. The van der Waals surface area contributed by atoms with Gasteiger partial charge in [-0.1, -0.05) is 72.6 Å². The van der Waals surface area contributed by atoms with Gasteiger partial charge in [0.2, 0.25) is 11.8 Å². The molecule has 0 radical (unpaired) electrons. The molecule has 39 heavy (non-hydrogen) atoms. The number of halogens is 1. The van der Waals surface area contributed by atoms with E-state index in [0.717, 1.165) is 21.0 Å². The molecule has 1 N–H and O–H groups in total. The first kappa shape index (κ1) is 30.2. The highest BCUT2D eigenvalue weighted by Crippen LogP contribution is 2.31. The van der Waals surface area contributed by atoms with Crippen molar-refractivity contribution in [2.24, 2.45) is 0 Å². The Labute approximate surface area is 236 Å². The van der Waals surface area contributed by atoms with Gasteiger partial charge in [-0.3, -0.25) is 13.9 Å². The second-order valence-corrected chi connectivity index (χ2v) is 12.1. The molecular formula is C30H36ClN3O4S. The molecular weight excluding hydrogens is 534 g/mol. The van der Waals surface area contributed by atoms with Crippen LogP contribution in [0.5, 0.6) is 0 Å². The fraction of sp³-hybridized carbons (Fsp3) is 0.333. The number of benzene rings is 3. The monoisotopic (exact) mass is 569 g/mol. The van der Waals surface area contributed by atoms with Crippen LogP contribution in [-0.2, 0) is 26.2 Å². The molecule has 9 heteroatoms. The van der Waals surface area contributed by atoms with Crippen LogP contribution in [0.2, 0.25) is 5.02 Å². The van der Waals surface area contributed by atoms with E-state index in [9.17, 15) is 18.0 Å². The average molecular weight is 570 g/mol. The van der Waals surface area contributed by atoms with Crippen LogP contribution >= 0.6 is 11.6 Å². The van der Waals surface area contributed by atoms with E-state index >= 15 is 0 Å². The second kappa shape index (κ2) is 13.1. The average Bonchev–Trinajstić information content (AvgIpc) is 2.88. The van der Waals surface area contributed by atoms with Gasteiger partial charge in [-0.05, 0) is 69.5 Å². The van der Waals surface area contributed by atoms with E-state index in [2.05, 4.69) is 5.32 Å². The van der Waals surface area contributed by atoms with Gasteiger partial charge in [0.15, 0.2) is 0 Å². The maximum absolute atomic E-state index is 14.1. The molecule has 3 aromatic carbocycles. The maximum atomic E-state index is 14.1. The lowest BCUT2D eigenvalue weighted by Crippen LogP contribution is -2.53. The van der Waals surface area contributed by atoms with Crippen LogP contribution in [0.25, 0.3) is 0 Å². The molecule has 0 aromatic heterocycles. The van der Waals surface area contributed by atoms with Crippen molar-refractivity contribution in [1.82, 2.24) is 10.2 Å². The van der Waals surface area contributed by atoms with Crippen LogP contribution in [0.4, 0.5) is 5.69 Å². The van der Waals surface area contributed by atoms with E-state index < -0.39 is 28.5 Å². The van der Waals surface area contributed by atoms with Crippen molar-refractivity contribution in [3.05, 3.63) is 94.5 Å². The molecule has 0 aliphatic carbocycles. The first-order valence-corrected chi connectivity index (χ1v) is 14.8. The van der Waals surface area contributed by atoms with Crippen molar-refractivity contribution in [2.45, 2.75) is 64.6 Å². The van der Waals surface area contributed by atoms with Gasteiger partial charge < -0.3 is 10.2 Å². The summed E-state index contributed by atoms with van der Waals surface area (Å²) in [5.41, 5.74) is 2.92. The van der Waals surface area contributed by atoms with Gasteiger partial charge in [-0.15, -0.1) is 0 Å². The first-order chi connectivity index (χ1) is 18.4. The third-order valence-electron chi connectivity index (χ3n) is 6.43. The lowest BCUT2D eigenvalue weighted by molar-refractivity contribution is -0.140. The molecule has 3 rings (SSSR count). The number of nitrogens with one attached hydrogen (secondary N) is 1. The number of hydrogen-bond donors (Lipinski definition) is 1. The van der Waals surface area contributed by atoms with Gasteiger partial charge in [0.05, 0.1) is 15.6 Å². The van der Waals surface area contributed by atoms with Crippen molar-refractivity contribution < 1.29 is 18.0 Å². The molecule has 0 bridgehead atoms. The normalized spacial score (nSPS) is 12.2. The quantitative estimate of drug-likeness (QED) is 0.331. The van der Waals surface area contributed by atoms with E-state index in [4.69, 9.17) is 11.6 Å². The fourth-order valence-electron chi connectivity index (χ4n) is 4.28. The molecule has 0 spiro atoms. The molecule has 0 unspecified atom stereocenters. The van der Waals surface area contributed by atoms with E-state index in [0.29, 0.717) is 6.42 Å². The minimum absolute atomic E-state index is 0.0378. The molecule has 2 amide bonds. The number of anilines is 1. The number of sulfonamides is 1. The number of carbonyl (C=O) groups excluding carboxylic acids is 2. The molecule has 3 aromatic rings. The predicted octanol–water partition coefficient (Wildman–Crippen LogP) is 5.48. The molecule has 0 saturated heterocycles. The highest BCUT2D eigenvalue weighted by molar-refractivity contribution is 7.92. The number of carbonyl (C=O) groups is 2. The van der Waals surface area contributed by atoms with Crippen LogP contribution in [0.15, 0.2) is 77.7 Å².